The van der Waals surface area contributed by atoms with Crippen molar-refractivity contribution in [3.8, 4) is 0 Å². The number of rotatable bonds is 4. The Kier molecular flexibility index (Phi) is 6.60. The van der Waals surface area contributed by atoms with Crippen molar-refractivity contribution in [1.82, 2.24) is 0 Å². The van der Waals surface area contributed by atoms with E-state index >= 15 is 0 Å². The van der Waals surface area contributed by atoms with Crippen molar-refractivity contribution in [3.63, 3.8) is 0 Å². The normalized spacial score (nSPS) is 19.0. The summed E-state index contributed by atoms with van der Waals surface area (Å²) in [6.07, 6.45) is 1.27. The molecule has 0 aliphatic carbocycles. The molecule has 29 heavy (non-hydrogen) atoms. The Balaban J connectivity index is 1.56. The number of anilines is 2. The van der Waals surface area contributed by atoms with E-state index in [-0.39, 0.29) is 5.91 Å². The van der Waals surface area contributed by atoms with Crippen LogP contribution in [0.25, 0.3) is 0 Å². The lowest BCUT2D eigenvalue weighted by Crippen LogP contribution is -2.44. The van der Waals surface area contributed by atoms with Gasteiger partial charge < -0.3 is 15.0 Å². The first kappa shape index (κ1) is 20.9. The van der Waals surface area contributed by atoms with Crippen LogP contribution in [0.5, 0.6) is 0 Å². The van der Waals surface area contributed by atoms with Gasteiger partial charge in [-0.3, -0.25) is 4.79 Å². The van der Waals surface area contributed by atoms with E-state index in [2.05, 4.69) is 10.2 Å². The average Bonchev–Trinajstić information content (AvgIpc) is 2.75. The summed E-state index contributed by atoms with van der Waals surface area (Å²) in [6.45, 7) is 3.11. The van der Waals surface area contributed by atoms with Gasteiger partial charge in [0.15, 0.2) is 0 Å². The Hall–Kier alpha value is -1.40. The van der Waals surface area contributed by atoms with E-state index in [9.17, 15) is 4.79 Å². The van der Waals surface area contributed by atoms with Crippen LogP contribution in [0.1, 0.15) is 18.4 Å². The molecule has 0 spiro atoms. The molecule has 2 fully saturated rings. The van der Waals surface area contributed by atoms with Crippen molar-refractivity contribution in [2.24, 2.45) is 0 Å². The molecule has 2 aliphatic heterocycles. The highest BCUT2D eigenvalue weighted by molar-refractivity contribution is 7.99. The van der Waals surface area contributed by atoms with E-state index in [1.807, 2.05) is 54.2 Å². The lowest BCUT2D eigenvalue weighted by Gasteiger charge is -2.36. The van der Waals surface area contributed by atoms with Crippen LogP contribution < -0.4 is 10.2 Å². The quantitative estimate of drug-likeness (QED) is 0.691. The third kappa shape index (κ3) is 4.53. The van der Waals surface area contributed by atoms with E-state index in [1.54, 1.807) is 0 Å². The largest absolute Gasteiger partial charge is 0.381 e. The second-order valence-electron chi connectivity index (χ2n) is 7.42. The van der Waals surface area contributed by atoms with E-state index in [4.69, 9.17) is 27.9 Å². The number of carbonyl (C=O) groups excluding carboxylic acids is 1. The van der Waals surface area contributed by atoms with Gasteiger partial charge in [-0.1, -0.05) is 35.3 Å². The van der Waals surface area contributed by atoms with Gasteiger partial charge in [0.2, 0.25) is 5.91 Å². The van der Waals surface area contributed by atoms with Gasteiger partial charge in [0.25, 0.3) is 0 Å². The van der Waals surface area contributed by atoms with Crippen LogP contribution in [0.15, 0.2) is 42.5 Å². The minimum Gasteiger partial charge on any atom is -0.381 e. The summed E-state index contributed by atoms with van der Waals surface area (Å²) in [5, 5.41) is 4.43. The summed E-state index contributed by atoms with van der Waals surface area (Å²) in [5.74, 6) is 2.20. The molecule has 2 saturated heterocycles. The first-order valence-corrected chi connectivity index (χ1v) is 11.8. The van der Waals surface area contributed by atoms with Crippen LogP contribution in [0.4, 0.5) is 11.4 Å². The molecule has 2 heterocycles. The van der Waals surface area contributed by atoms with Gasteiger partial charge in [-0.2, -0.15) is 11.8 Å². The minimum absolute atomic E-state index is 0.0266. The Bertz CT molecular complexity index is 864. The highest BCUT2D eigenvalue weighted by atomic mass is 35.5. The van der Waals surface area contributed by atoms with Crippen LogP contribution in [-0.2, 0) is 14.9 Å². The summed E-state index contributed by atoms with van der Waals surface area (Å²) in [5.41, 5.74) is 2.09. The zero-order valence-corrected chi connectivity index (χ0v) is 18.5. The molecule has 4 nitrogen and oxygen atoms in total. The van der Waals surface area contributed by atoms with Gasteiger partial charge in [0, 0.05) is 48.5 Å². The van der Waals surface area contributed by atoms with E-state index < -0.39 is 5.41 Å². The highest BCUT2D eigenvalue weighted by Gasteiger charge is 2.41. The Morgan fingerprint density at radius 2 is 1.72 bits per heavy atom. The van der Waals surface area contributed by atoms with Gasteiger partial charge in [-0.25, -0.2) is 0 Å². The molecule has 2 aliphatic rings. The number of ether oxygens (including phenoxy) is 1. The van der Waals surface area contributed by atoms with Crippen LogP contribution in [0.3, 0.4) is 0 Å². The molecule has 1 amide bonds. The lowest BCUT2D eigenvalue weighted by atomic mass is 9.73. The van der Waals surface area contributed by atoms with Crippen molar-refractivity contribution in [2.45, 2.75) is 18.3 Å². The topological polar surface area (TPSA) is 41.6 Å². The molecule has 7 heteroatoms. The van der Waals surface area contributed by atoms with Crippen LogP contribution >= 0.6 is 35.0 Å². The third-order valence-electron chi connectivity index (χ3n) is 5.74. The summed E-state index contributed by atoms with van der Waals surface area (Å²) >= 11 is 14.6. The maximum Gasteiger partial charge on any atom is 0.235 e. The number of hydrogen-bond acceptors (Lipinski definition) is 4. The molecule has 154 valence electrons. The monoisotopic (exact) mass is 450 g/mol. The van der Waals surface area contributed by atoms with E-state index in [0.717, 1.165) is 41.5 Å². The average molecular weight is 451 g/mol. The fourth-order valence-electron chi connectivity index (χ4n) is 4.03. The summed E-state index contributed by atoms with van der Waals surface area (Å²) in [4.78, 5) is 15.7. The smallest absolute Gasteiger partial charge is 0.235 e. The molecule has 1 N–H and O–H groups in total. The Morgan fingerprint density at radius 3 is 2.38 bits per heavy atom. The highest BCUT2D eigenvalue weighted by Crippen LogP contribution is 2.37. The number of nitrogens with one attached hydrogen (secondary N) is 1. The number of hydrogen-bond donors (Lipinski definition) is 1. The van der Waals surface area contributed by atoms with Gasteiger partial charge in [0.1, 0.15) is 0 Å². The maximum absolute atomic E-state index is 13.4. The zero-order valence-electron chi connectivity index (χ0n) is 16.1. The molecular formula is C22H24Cl2N2O2S. The van der Waals surface area contributed by atoms with Crippen molar-refractivity contribution in [2.75, 3.05) is 48.0 Å². The fourth-order valence-corrected chi connectivity index (χ4v) is 5.36. The summed E-state index contributed by atoms with van der Waals surface area (Å²) in [6, 6.07) is 13.4. The molecule has 4 rings (SSSR count). The molecular weight excluding hydrogens is 427 g/mol. The number of amides is 1. The SMILES string of the molecule is O=C(Nc1ccc(N2CCSCC2)c(Cl)c1)C1(c2ccc(Cl)cc2)CCOCC1. The lowest BCUT2D eigenvalue weighted by molar-refractivity contribution is -0.125. The number of halogens is 2. The number of nitrogens with zero attached hydrogens (tertiary/aromatic N) is 1. The van der Waals surface area contributed by atoms with Crippen molar-refractivity contribution in [3.05, 3.63) is 58.1 Å². The van der Waals surface area contributed by atoms with Gasteiger partial charge >= 0.3 is 0 Å². The van der Waals surface area contributed by atoms with E-state index in [0.29, 0.717) is 36.1 Å². The van der Waals surface area contributed by atoms with Gasteiger partial charge in [-0.05, 0) is 48.7 Å². The Morgan fingerprint density at radius 1 is 1.03 bits per heavy atom. The number of thioether (sulfide) groups is 1. The molecule has 0 radical (unpaired) electrons. The molecule has 0 aromatic heterocycles. The molecule has 0 bridgehead atoms. The van der Waals surface area contributed by atoms with Crippen LogP contribution in [-0.4, -0.2) is 43.7 Å². The first-order valence-electron chi connectivity index (χ1n) is 9.86. The molecule has 2 aromatic carbocycles. The predicted molar refractivity (Wildman–Crippen MR) is 123 cm³/mol. The van der Waals surface area contributed by atoms with E-state index in [1.165, 1.54) is 0 Å². The number of benzene rings is 2. The second-order valence-corrected chi connectivity index (χ2v) is 9.49. The van der Waals surface area contributed by atoms with Gasteiger partial charge in [0.05, 0.1) is 16.1 Å². The predicted octanol–water partition coefficient (Wildman–Crippen LogP) is 5.23. The molecule has 0 saturated carbocycles. The minimum atomic E-state index is -0.627. The van der Waals surface area contributed by atoms with Crippen molar-refractivity contribution < 1.29 is 9.53 Å². The summed E-state index contributed by atoms with van der Waals surface area (Å²) in [7, 11) is 0. The number of carbonyl (C=O) groups is 1. The maximum atomic E-state index is 13.4. The Labute approximate surface area is 185 Å². The fraction of sp³-hybridized carbons (Fsp3) is 0.409. The zero-order chi connectivity index (χ0) is 20.3. The molecule has 0 atom stereocenters. The molecule has 2 aromatic rings. The molecule has 0 unspecified atom stereocenters. The first-order chi connectivity index (χ1) is 14.1. The van der Waals surface area contributed by atoms with Crippen molar-refractivity contribution in [1.29, 1.82) is 0 Å². The third-order valence-corrected chi connectivity index (χ3v) is 7.23. The van der Waals surface area contributed by atoms with Crippen LogP contribution in [0.2, 0.25) is 10.0 Å². The summed E-state index contributed by atoms with van der Waals surface area (Å²) < 4.78 is 5.54. The van der Waals surface area contributed by atoms with Crippen molar-refractivity contribution >= 4 is 52.2 Å². The van der Waals surface area contributed by atoms with Gasteiger partial charge in [-0.15, -0.1) is 0 Å². The standard InChI is InChI=1S/C22H24Cl2N2O2S/c23-17-3-1-16(2-4-17)22(7-11-28-12-8-22)21(27)25-18-5-6-20(19(24)15-18)26-9-13-29-14-10-26/h1-6,15H,7-14H2,(H,25,27). The second kappa shape index (κ2) is 9.17. The van der Waals surface area contributed by atoms with Crippen LogP contribution in [0, 0.1) is 0 Å².